The molecule has 422 valence electrons. The van der Waals surface area contributed by atoms with Crippen LogP contribution in [0.15, 0.2) is 30.3 Å². The SMILES string of the molecule is COC(=O)[C@@]1(OC[C@H]2O[C@H](OC[C@H](NC(C)=O)C(=O)NCCNC(=O)OCc3ccccc3)[C@H](NC(C)=O)[C@@H](OC(C)=O)[C@H]2OC(C)=O)C[C@H](OC(C)=O)[C@@H](NC(C)=O)[C@H]([C@H](OC(C)=O)[C@@H](COC(C)=O)OC(C)=O)O1. The molecule has 1 aromatic carbocycles. The van der Waals surface area contributed by atoms with E-state index in [9.17, 15) is 57.5 Å². The molecule has 0 aliphatic carbocycles. The van der Waals surface area contributed by atoms with Gasteiger partial charge in [0.2, 0.25) is 23.6 Å². The summed E-state index contributed by atoms with van der Waals surface area (Å²) >= 11 is 0. The lowest BCUT2D eigenvalue weighted by atomic mass is 9.87. The van der Waals surface area contributed by atoms with E-state index in [-0.39, 0.29) is 19.7 Å². The van der Waals surface area contributed by atoms with Crippen molar-refractivity contribution in [3.05, 3.63) is 35.9 Å². The van der Waals surface area contributed by atoms with Gasteiger partial charge in [-0.2, -0.15) is 0 Å². The molecule has 0 bridgehead atoms. The molecule has 0 unspecified atom stereocenters. The second kappa shape index (κ2) is 30.2. The van der Waals surface area contributed by atoms with Gasteiger partial charge in [-0.15, -0.1) is 0 Å². The zero-order chi connectivity index (χ0) is 56.9. The fourth-order valence-corrected chi connectivity index (χ4v) is 7.86. The maximum atomic E-state index is 14.2. The van der Waals surface area contributed by atoms with Gasteiger partial charge in [-0.05, 0) is 5.56 Å². The molecule has 5 amide bonds. The number of carbonyl (C=O) groups excluding carboxylic acids is 12. The Morgan fingerprint density at radius 3 is 1.80 bits per heavy atom. The molecule has 2 fully saturated rings. The van der Waals surface area contributed by atoms with Gasteiger partial charge in [0.25, 0.3) is 5.79 Å². The fraction of sp³-hybridized carbons (Fsp3) is 0.617. The molecule has 2 aliphatic heterocycles. The maximum Gasteiger partial charge on any atom is 0.407 e. The lowest BCUT2D eigenvalue weighted by Crippen LogP contribution is -2.70. The minimum Gasteiger partial charge on any atom is -0.465 e. The zero-order valence-electron chi connectivity index (χ0n) is 43.5. The molecular formula is C47H65N5O24. The second-order valence-electron chi connectivity index (χ2n) is 17.0. The first-order valence-electron chi connectivity index (χ1n) is 23.5. The van der Waals surface area contributed by atoms with Gasteiger partial charge in [0.05, 0.1) is 32.8 Å². The van der Waals surface area contributed by atoms with Crippen molar-refractivity contribution in [1.82, 2.24) is 26.6 Å². The number of hydrogen-bond acceptors (Lipinski definition) is 24. The largest absolute Gasteiger partial charge is 0.465 e. The van der Waals surface area contributed by atoms with Crippen molar-refractivity contribution in [2.24, 2.45) is 0 Å². The van der Waals surface area contributed by atoms with E-state index in [0.717, 1.165) is 75.0 Å². The van der Waals surface area contributed by atoms with Gasteiger partial charge in [0, 0.05) is 75.4 Å². The standard InChI is InChI=1S/C47H65N5O24/c1-23(53)50-33(43(62)48-16-17-49-46(64)68-19-32-14-12-11-13-15-32)20-67-44-38(52-25(3)55)41(74-31(9)61)39(72-29(7)59)36(75-44)22-69-47(45(63)65-10)18-34(70-27(5)57)37(51-24(2)54)42(76-47)40(73-30(8)60)35(71-28(6)58)21-66-26(4)56/h11-15,33-42,44H,16-22H2,1-10H3,(H,48,62)(H,49,64)(H,50,53)(H,51,54)(H,52,55)/t33-,34-,35+,36+,37+,38+,39-,40+,41+,42+,44-,47+/m0/s1. The summed E-state index contributed by atoms with van der Waals surface area (Å²) in [6.07, 6.45) is -16.0. The van der Waals surface area contributed by atoms with Gasteiger partial charge in [0.1, 0.15) is 43.6 Å². The van der Waals surface area contributed by atoms with Crippen molar-refractivity contribution in [3.8, 4) is 0 Å². The van der Waals surface area contributed by atoms with Crippen molar-refractivity contribution in [2.75, 3.05) is 40.0 Å². The van der Waals surface area contributed by atoms with Gasteiger partial charge in [-0.1, -0.05) is 30.3 Å². The number of rotatable bonds is 25. The predicted octanol–water partition coefficient (Wildman–Crippen LogP) is -1.82. The molecule has 0 saturated carbocycles. The Labute approximate surface area is 435 Å². The van der Waals surface area contributed by atoms with E-state index in [4.69, 9.17) is 56.8 Å². The normalized spacial score (nSPS) is 23.9. The number of esters is 7. The van der Waals surface area contributed by atoms with E-state index >= 15 is 0 Å². The molecule has 0 aromatic heterocycles. The molecule has 3 rings (SSSR count). The topological polar surface area (TPSA) is 376 Å². The smallest absolute Gasteiger partial charge is 0.407 e. The van der Waals surface area contributed by atoms with Crippen LogP contribution in [-0.4, -0.2) is 184 Å². The lowest BCUT2D eigenvalue weighted by Gasteiger charge is -2.49. The summed E-state index contributed by atoms with van der Waals surface area (Å²) in [5.74, 6) is -13.2. The van der Waals surface area contributed by atoms with Crippen LogP contribution in [0.3, 0.4) is 0 Å². The first kappa shape index (κ1) is 62.8. The minimum absolute atomic E-state index is 0.0222. The molecule has 2 heterocycles. The summed E-state index contributed by atoms with van der Waals surface area (Å²) in [4.78, 5) is 153. The molecule has 5 N–H and O–H groups in total. The number of nitrogens with one attached hydrogen (secondary N) is 5. The van der Waals surface area contributed by atoms with E-state index in [0.29, 0.717) is 0 Å². The highest BCUT2D eigenvalue weighted by molar-refractivity contribution is 5.87. The third-order valence-electron chi connectivity index (χ3n) is 10.6. The Bertz CT molecular complexity index is 2250. The second-order valence-corrected chi connectivity index (χ2v) is 17.0. The van der Waals surface area contributed by atoms with E-state index in [1.807, 2.05) is 0 Å². The van der Waals surface area contributed by atoms with Crippen molar-refractivity contribution >= 4 is 71.5 Å². The van der Waals surface area contributed by atoms with Crippen molar-refractivity contribution in [2.45, 2.75) is 148 Å². The molecule has 1 aromatic rings. The van der Waals surface area contributed by atoms with Crippen LogP contribution in [0.1, 0.15) is 74.3 Å². The van der Waals surface area contributed by atoms with Crippen LogP contribution in [-0.2, 0) is 116 Å². The highest BCUT2D eigenvalue weighted by atomic mass is 16.8. The average Bonchev–Trinajstić information content (AvgIpc) is 3.32. The third-order valence-corrected chi connectivity index (χ3v) is 10.6. The van der Waals surface area contributed by atoms with Crippen LogP contribution in [0.25, 0.3) is 0 Å². The average molecular weight is 1080 g/mol. The molecule has 2 saturated heterocycles. The van der Waals surface area contributed by atoms with Gasteiger partial charge in [0.15, 0.2) is 30.7 Å². The van der Waals surface area contributed by atoms with Crippen LogP contribution in [0.2, 0.25) is 0 Å². The Hall–Kier alpha value is -7.50. The molecular weight excluding hydrogens is 1020 g/mol. The maximum absolute atomic E-state index is 14.2. The van der Waals surface area contributed by atoms with Gasteiger partial charge in [-0.3, -0.25) is 47.9 Å². The van der Waals surface area contributed by atoms with Crippen LogP contribution in [0, 0.1) is 0 Å². The summed E-state index contributed by atoms with van der Waals surface area (Å²) in [5, 5.41) is 12.4. The zero-order valence-corrected chi connectivity index (χ0v) is 43.5. The molecule has 76 heavy (non-hydrogen) atoms. The number of amides is 5. The summed E-state index contributed by atoms with van der Waals surface area (Å²) in [5.41, 5.74) is 0.731. The number of alkyl carbamates (subject to hydrolysis) is 1. The van der Waals surface area contributed by atoms with Crippen molar-refractivity contribution in [3.63, 3.8) is 0 Å². The molecule has 29 nitrogen and oxygen atoms in total. The molecule has 0 radical (unpaired) electrons. The van der Waals surface area contributed by atoms with Gasteiger partial charge in [-0.25, -0.2) is 9.59 Å². The monoisotopic (exact) mass is 1080 g/mol. The predicted molar refractivity (Wildman–Crippen MR) is 250 cm³/mol. The molecule has 0 spiro atoms. The van der Waals surface area contributed by atoms with E-state index in [1.165, 1.54) is 0 Å². The van der Waals surface area contributed by atoms with Crippen LogP contribution in [0.4, 0.5) is 4.79 Å². The highest BCUT2D eigenvalue weighted by Gasteiger charge is 2.60. The number of hydrogen-bond donors (Lipinski definition) is 5. The van der Waals surface area contributed by atoms with Crippen molar-refractivity contribution in [1.29, 1.82) is 0 Å². The Morgan fingerprint density at radius 2 is 1.25 bits per heavy atom. The van der Waals surface area contributed by atoms with E-state index in [2.05, 4.69) is 26.6 Å². The summed E-state index contributed by atoms with van der Waals surface area (Å²) < 4.78 is 68.1. The Balaban J connectivity index is 2.11. The first-order valence-corrected chi connectivity index (χ1v) is 23.5. The number of benzene rings is 1. The first-order chi connectivity index (χ1) is 35.7. The van der Waals surface area contributed by atoms with Crippen LogP contribution >= 0.6 is 0 Å². The van der Waals surface area contributed by atoms with E-state index < -0.39 is 171 Å². The van der Waals surface area contributed by atoms with Crippen molar-refractivity contribution < 1.29 is 114 Å². The van der Waals surface area contributed by atoms with Gasteiger partial charge >= 0.3 is 47.9 Å². The molecule has 12 atom stereocenters. The van der Waals surface area contributed by atoms with Crippen LogP contribution < -0.4 is 26.6 Å². The minimum atomic E-state index is -2.84. The lowest BCUT2D eigenvalue weighted by molar-refractivity contribution is -0.333. The number of ether oxygens (including phenoxy) is 12. The van der Waals surface area contributed by atoms with Crippen LogP contribution in [0.5, 0.6) is 0 Å². The molecule has 29 heteroatoms. The van der Waals surface area contributed by atoms with E-state index in [1.54, 1.807) is 30.3 Å². The Kier molecular flexibility index (Phi) is 24.9. The number of methoxy groups -OCH3 is 1. The Morgan fingerprint density at radius 1 is 0.658 bits per heavy atom. The van der Waals surface area contributed by atoms with Gasteiger partial charge < -0.3 is 83.4 Å². The highest BCUT2D eigenvalue weighted by Crippen LogP contribution is 2.38. The summed E-state index contributed by atoms with van der Waals surface area (Å²) in [6.45, 7) is 6.23. The summed E-state index contributed by atoms with van der Waals surface area (Å²) in [7, 11) is 0.898. The molecule has 2 aliphatic rings. The fourth-order valence-electron chi connectivity index (χ4n) is 7.86. The quantitative estimate of drug-likeness (QED) is 0.0409. The summed E-state index contributed by atoms with van der Waals surface area (Å²) in [6, 6.07) is 4.16. The number of carbonyl (C=O) groups is 12. The third kappa shape index (κ3) is 20.3.